The number of carbonyl (C=O) groups is 2. The van der Waals surface area contributed by atoms with Crippen LogP contribution in [0.5, 0.6) is 5.75 Å². The Morgan fingerprint density at radius 2 is 1.85 bits per heavy atom. The Labute approximate surface area is 153 Å². The molecule has 0 radical (unpaired) electrons. The second kappa shape index (κ2) is 7.79. The number of carbonyl (C=O) groups excluding carboxylic acids is 2. The van der Waals surface area contributed by atoms with Crippen molar-refractivity contribution in [2.75, 3.05) is 19.0 Å². The Hall–Kier alpha value is -3.19. The van der Waals surface area contributed by atoms with Crippen molar-refractivity contribution in [3.8, 4) is 5.75 Å². The van der Waals surface area contributed by atoms with Gasteiger partial charge in [-0.3, -0.25) is 14.8 Å². The van der Waals surface area contributed by atoms with Gasteiger partial charge in [0, 0.05) is 17.4 Å². The fourth-order valence-corrected chi connectivity index (χ4v) is 2.44. The van der Waals surface area contributed by atoms with E-state index in [0.29, 0.717) is 27.5 Å². The van der Waals surface area contributed by atoms with Gasteiger partial charge in [-0.1, -0.05) is 11.6 Å². The second-order valence-electron chi connectivity index (χ2n) is 5.23. The van der Waals surface area contributed by atoms with Crippen molar-refractivity contribution in [1.29, 1.82) is 0 Å². The molecule has 0 fully saturated rings. The predicted octanol–water partition coefficient (Wildman–Crippen LogP) is 3.09. The van der Waals surface area contributed by atoms with Gasteiger partial charge in [-0.25, -0.2) is 4.79 Å². The average molecular weight is 372 g/mol. The number of anilines is 1. The number of amides is 1. The number of rotatable bonds is 5. The van der Waals surface area contributed by atoms with Gasteiger partial charge >= 0.3 is 5.97 Å². The highest BCUT2D eigenvalue weighted by atomic mass is 35.5. The summed E-state index contributed by atoms with van der Waals surface area (Å²) >= 11 is 5.91. The zero-order valence-corrected chi connectivity index (χ0v) is 14.5. The minimum absolute atomic E-state index is 0.283. The molecule has 0 aliphatic heterocycles. The summed E-state index contributed by atoms with van der Waals surface area (Å²) in [6.45, 7) is -0.451. The van der Waals surface area contributed by atoms with E-state index in [1.54, 1.807) is 42.6 Å². The quantitative estimate of drug-likeness (QED) is 0.693. The highest BCUT2D eigenvalue weighted by Crippen LogP contribution is 2.27. The van der Waals surface area contributed by atoms with Gasteiger partial charge in [0.15, 0.2) is 6.61 Å². The molecule has 1 amide bonds. The lowest BCUT2D eigenvalue weighted by atomic mass is 10.2. The number of aromatic nitrogens is 2. The SMILES string of the molecule is COc1ccc(Cl)cc1NC(=O)COC(=O)c1ccc2nccnc2c1. The number of benzene rings is 2. The zero-order valence-electron chi connectivity index (χ0n) is 13.7. The Kier molecular flexibility index (Phi) is 5.28. The third kappa shape index (κ3) is 4.07. The van der Waals surface area contributed by atoms with Gasteiger partial charge in [-0.15, -0.1) is 0 Å². The van der Waals surface area contributed by atoms with E-state index in [4.69, 9.17) is 21.1 Å². The number of hydrogen-bond acceptors (Lipinski definition) is 6. The van der Waals surface area contributed by atoms with Gasteiger partial charge in [0.1, 0.15) is 5.75 Å². The van der Waals surface area contributed by atoms with E-state index in [1.807, 2.05) is 0 Å². The van der Waals surface area contributed by atoms with E-state index < -0.39 is 18.5 Å². The summed E-state index contributed by atoms with van der Waals surface area (Å²) in [7, 11) is 1.47. The maximum absolute atomic E-state index is 12.1. The number of nitrogens with one attached hydrogen (secondary N) is 1. The summed E-state index contributed by atoms with van der Waals surface area (Å²) in [5.74, 6) is -0.701. The van der Waals surface area contributed by atoms with Crippen LogP contribution in [0.2, 0.25) is 5.02 Å². The first kappa shape index (κ1) is 17.6. The number of nitrogens with zero attached hydrogens (tertiary/aromatic N) is 2. The Balaban J connectivity index is 1.63. The third-order valence-electron chi connectivity index (χ3n) is 3.47. The van der Waals surface area contributed by atoms with Crippen molar-refractivity contribution in [3.05, 3.63) is 59.4 Å². The smallest absolute Gasteiger partial charge is 0.338 e. The number of hydrogen-bond donors (Lipinski definition) is 1. The zero-order chi connectivity index (χ0) is 18.5. The molecule has 8 heteroatoms. The Morgan fingerprint density at radius 1 is 1.08 bits per heavy atom. The molecule has 0 unspecified atom stereocenters. The van der Waals surface area contributed by atoms with Crippen molar-refractivity contribution in [3.63, 3.8) is 0 Å². The molecule has 26 heavy (non-hydrogen) atoms. The first-order chi connectivity index (χ1) is 12.6. The van der Waals surface area contributed by atoms with E-state index in [-0.39, 0.29) is 5.56 Å². The number of ether oxygens (including phenoxy) is 2. The van der Waals surface area contributed by atoms with Gasteiger partial charge in [0.2, 0.25) is 0 Å². The lowest BCUT2D eigenvalue weighted by Gasteiger charge is -2.11. The molecule has 2 aromatic carbocycles. The third-order valence-corrected chi connectivity index (χ3v) is 3.71. The number of esters is 1. The molecule has 0 aliphatic carbocycles. The van der Waals surface area contributed by atoms with E-state index in [1.165, 1.54) is 13.3 Å². The second-order valence-corrected chi connectivity index (χ2v) is 5.67. The van der Waals surface area contributed by atoms with E-state index >= 15 is 0 Å². The topological polar surface area (TPSA) is 90.4 Å². The summed E-state index contributed by atoms with van der Waals surface area (Å²) in [6, 6.07) is 9.59. The Morgan fingerprint density at radius 3 is 2.62 bits per heavy atom. The van der Waals surface area contributed by atoms with Crippen LogP contribution in [0.4, 0.5) is 5.69 Å². The van der Waals surface area contributed by atoms with Crippen LogP contribution in [-0.2, 0) is 9.53 Å². The summed E-state index contributed by atoms with van der Waals surface area (Å²) in [5, 5.41) is 3.03. The maximum Gasteiger partial charge on any atom is 0.338 e. The van der Waals surface area contributed by atoms with Gasteiger partial charge in [0.05, 0.1) is 29.4 Å². The van der Waals surface area contributed by atoms with Crippen molar-refractivity contribution in [2.24, 2.45) is 0 Å². The molecular formula is C18H14ClN3O4. The molecule has 3 rings (SSSR count). The standard InChI is InChI=1S/C18H14ClN3O4/c1-25-16-5-3-12(19)9-15(16)22-17(23)10-26-18(24)11-2-4-13-14(8-11)21-7-6-20-13/h2-9H,10H2,1H3,(H,22,23). The molecule has 0 spiro atoms. The fraction of sp³-hybridized carbons (Fsp3) is 0.111. The molecule has 7 nitrogen and oxygen atoms in total. The summed E-state index contributed by atoms with van der Waals surface area (Å²) in [6.07, 6.45) is 3.10. The van der Waals surface area contributed by atoms with Crippen LogP contribution in [0.25, 0.3) is 11.0 Å². The van der Waals surface area contributed by atoms with Crippen molar-refractivity contribution in [1.82, 2.24) is 9.97 Å². The minimum atomic E-state index is -0.634. The van der Waals surface area contributed by atoms with Gasteiger partial charge < -0.3 is 14.8 Å². The van der Waals surface area contributed by atoms with E-state index in [0.717, 1.165) is 0 Å². The number of halogens is 1. The van der Waals surface area contributed by atoms with E-state index in [9.17, 15) is 9.59 Å². The van der Waals surface area contributed by atoms with Gasteiger partial charge in [0.25, 0.3) is 5.91 Å². The van der Waals surface area contributed by atoms with Crippen LogP contribution in [0, 0.1) is 0 Å². The molecule has 1 heterocycles. The molecule has 1 N–H and O–H groups in total. The summed E-state index contributed by atoms with van der Waals surface area (Å²) in [5.41, 5.74) is 1.90. The van der Waals surface area contributed by atoms with Crippen molar-refractivity contribution >= 4 is 40.2 Å². The number of fused-ring (bicyclic) bond motifs is 1. The van der Waals surface area contributed by atoms with Crippen LogP contribution in [-0.4, -0.2) is 35.6 Å². The first-order valence-corrected chi connectivity index (χ1v) is 7.96. The highest BCUT2D eigenvalue weighted by molar-refractivity contribution is 6.31. The average Bonchev–Trinajstić information content (AvgIpc) is 2.66. The molecule has 1 aromatic heterocycles. The summed E-state index contributed by atoms with van der Waals surface area (Å²) < 4.78 is 10.2. The lowest BCUT2D eigenvalue weighted by Crippen LogP contribution is -2.21. The van der Waals surface area contributed by atoms with E-state index in [2.05, 4.69) is 15.3 Å². The largest absolute Gasteiger partial charge is 0.495 e. The van der Waals surface area contributed by atoms with Gasteiger partial charge in [-0.2, -0.15) is 0 Å². The minimum Gasteiger partial charge on any atom is -0.495 e. The fourth-order valence-electron chi connectivity index (χ4n) is 2.27. The van der Waals surface area contributed by atoms with Crippen LogP contribution in [0.15, 0.2) is 48.8 Å². The monoisotopic (exact) mass is 371 g/mol. The molecule has 3 aromatic rings. The van der Waals surface area contributed by atoms with Crippen LogP contribution in [0.1, 0.15) is 10.4 Å². The van der Waals surface area contributed by atoms with Crippen molar-refractivity contribution in [2.45, 2.75) is 0 Å². The predicted molar refractivity (Wildman–Crippen MR) is 96.5 cm³/mol. The molecule has 0 saturated heterocycles. The first-order valence-electron chi connectivity index (χ1n) is 7.58. The Bertz CT molecular complexity index is 978. The molecule has 0 saturated carbocycles. The lowest BCUT2D eigenvalue weighted by molar-refractivity contribution is -0.119. The summed E-state index contributed by atoms with van der Waals surface area (Å²) in [4.78, 5) is 32.4. The molecule has 0 bridgehead atoms. The van der Waals surface area contributed by atoms with Gasteiger partial charge in [-0.05, 0) is 36.4 Å². The molecular weight excluding hydrogens is 358 g/mol. The maximum atomic E-state index is 12.1. The molecule has 132 valence electrons. The van der Waals surface area contributed by atoms with Crippen LogP contribution < -0.4 is 10.1 Å². The van der Waals surface area contributed by atoms with Crippen LogP contribution in [0.3, 0.4) is 0 Å². The molecule has 0 aliphatic rings. The molecule has 0 atom stereocenters. The number of methoxy groups -OCH3 is 1. The normalized spacial score (nSPS) is 10.4. The highest BCUT2D eigenvalue weighted by Gasteiger charge is 2.13. The van der Waals surface area contributed by atoms with Crippen LogP contribution >= 0.6 is 11.6 Å². The van der Waals surface area contributed by atoms with Crippen molar-refractivity contribution < 1.29 is 19.1 Å².